The zero-order valence-electron chi connectivity index (χ0n) is 44.6. The van der Waals surface area contributed by atoms with Gasteiger partial charge in [0, 0.05) is 50.6 Å². The number of benzene rings is 13. The first-order valence-corrected chi connectivity index (χ1v) is 27.7. The molecule has 0 saturated carbocycles. The Morgan fingerprint density at radius 1 is 0.185 bits per heavy atom. The monoisotopic (exact) mass is 1030 g/mol. The van der Waals surface area contributed by atoms with Gasteiger partial charge in [0.05, 0.1) is 11.0 Å². The predicted molar refractivity (Wildman–Crippen MR) is 343 cm³/mol. The van der Waals surface area contributed by atoms with Gasteiger partial charge >= 0.3 is 0 Å². The zero-order chi connectivity index (χ0) is 53.9. The van der Waals surface area contributed by atoms with E-state index in [9.17, 15) is 0 Å². The second kappa shape index (κ2) is 21.6. The van der Waals surface area contributed by atoms with E-state index in [1.807, 2.05) is 0 Å². The Kier molecular flexibility index (Phi) is 13.0. The van der Waals surface area contributed by atoms with Crippen LogP contribution in [0, 0.1) is 0 Å². The Labute approximate surface area is 473 Å². The Bertz CT molecular complexity index is 4430. The van der Waals surface area contributed by atoms with E-state index in [4.69, 9.17) is 0 Å². The maximum absolute atomic E-state index is 2.41. The van der Waals surface area contributed by atoms with E-state index >= 15 is 0 Å². The van der Waals surface area contributed by atoms with Crippen LogP contribution in [-0.4, -0.2) is 4.57 Å². The van der Waals surface area contributed by atoms with Crippen molar-refractivity contribution < 1.29 is 0 Å². The number of nitrogens with zero attached hydrogens (tertiary/aromatic N) is 3. The smallest absolute Gasteiger partial charge is 0.0561 e. The molecule has 0 N–H and O–H groups in total. The maximum Gasteiger partial charge on any atom is 0.0561 e. The molecule has 0 amide bonds. The van der Waals surface area contributed by atoms with Crippen LogP contribution < -0.4 is 9.80 Å². The quantitative estimate of drug-likeness (QED) is 0.114. The van der Waals surface area contributed by atoms with Gasteiger partial charge in [0.15, 0.2) is 0 Å². The van der Waals surface area contributed by atoms with Gasteiger partial charge in [-0.1, -0.05) is 231 Å². The molecule has 0 radical (unpaired) electrons. The normalized spacial score (nSPS) is 11.2. The minimum Gasteiger partial charge on any atom is -0.311 e. The van der Waals surface area contributed by atoms with E-state index in [1.54, 1.807) is 0 Å². The molecule has 0 aliphatic heterocycles. The first-order chi connectivity index (χ1) is 40.2. The molecule has 0 unspecified atom stereocenters. The number of hydrogen-bond acceptors (Lipinski definition) is 2. The van der Waals surface area contributed by atoms with Crippen LogP contribution in [0.1, 0.15) is 0 Å². The van der Waals surface area contributed by atoms with Gasteiger partial charge in [-0.2, -0.15) is 0 Å². The van der Waals surface area contributed by atoms with Gasteiger partial charge in [0.25, 0.3) is 0 Å². The summed E-state index contributed by atoms with van der Waals surface area (Å²) in [5.41, 5.74) is 24.0. The second-order valence-electron chi connectivity index (χ2n) is 20.5. The average molecular weight is 1030 g/mol. The number of aromatic nitrogens is 1. The largest absolute Gasteiger partial charge is 0.311 e. The van der Waals surface area contributed by atoms with Crippen LogP contribution in [0.5, 0.6) is 0 Å². The van der Waals surface area contributed by atoms with E-state index in [1.165, 1.54) is 55.2 Å². The summed E-state index contributed by atoms with van der Waals surface area (Å²) in [5.74, 6) is 0. The molecule has 0 saturated heterocycles. The topological polar surface area (TPSA) is 11.4 Å². The van der Waals surface area contributed by atoms with E-state index in [0.29, 0.717) is 0 Å². The lowest BCUT2D eigenvalue weighted by Gasteiger charge is -2.26. The lowest BCUT2D eigenvalue weighted by atomic mass is 9.85. The van der Waals surface area contributed by atoms with Crippen LogP contribution in [0.3, 0.4) is 0 Å². The van der Waals surface area contributed by atoms with E-state index in [2.05, 4.69) is 348 Å². The number of anilines is 6. The minimum absolute atomic E-state index is 1.07. The molecule has 14 aromatic rings. The molecule has 0 aliphatic rings. The van der Waals surface area contributed by atoms with Crippen molar-refractivity contribution in [3.8, 4) is 72.4 Å². The molecule has 0 spiro atoms. The first-order valence-electron chi connectivity index (χ1n) is 27.7. The summed E-state index contributed by atoms with van der Waals surface area (Å²) in [4.78, 5) is 4.71. The van der Waals surface area contributed by atoms with Crippen LogP contribution in [0.4, 0.5) is 34.1 Å². The highest BCUT2D eigenvalue weighted by molar-refractivity contribution is 6.10. The molecule has 382 valence electrons. The highest BCUT2D eigenvalue weighted by Gasteiger charge is 2.21. The van der Waals surface area contributed by atoms with Crippen LogP contribution >= 0.6 is 0 Å². The molecule has 3 heteroatoms. The Morgan fingerprint density at radius 3 is 0.914 bits per heavy atom. The van der Waals surface area contributed by atoms with Gasteiger partial charge in [0.1, 0.15) is 0 Å². The fourth-order valence-corrected chi connectivity index (χ4v) is 11.7. The summed E-state index contributed by atoms with van der Waals surface area (Å²) in [7, 11) is 0. The third-order valence-electron chi connectivity index (χ3n) is 15.6. The first kappa shape index (κ1) is 48.6. The van der Waals surface area contributed by atoms with E-state index in [0.717, 1.165) is 73.1 Å². The molecule has 0 bridgehead atoms. The Balaban J connectivity index is 0.843. The molecule has 13 aromatic carbocycles. The number of fused-ring (bicyclic) bond motifs is 3. The lowest BCUT2D eigenvalue weighted by molar-refractivity contribution is 1.18. The van der Waals surface area contributed by atoms with Gasteiger partial charge in [-0.05, 0) is 170 Å². The van der Waals surface area contributed by atoms with Crippen LogP contribution in [0.2, 0.25) is 0 Å². The Hall–Kier alpha value is -10.7. The van der Waals surface area contributed by atoms with Gasteiger partial charge in [-0.25, -0.2) is 0 Å². The molecule has 0 fully saturated rings. The summed E-state index contributed by atoms with van der Waals surface area (Å²) >= 11 is 0. The molecule has 0 aliphatic carbocycles. The van der Waals surface area contributed by atoms with Crippen molar-refractivity contribution in [3.63, 3.8) is 0 Å². The zero-order valence-corrected chi connectivity index (χ0v) is 44.6. The van der Waals surface area contributed by atoms with Crippen molar-refractivity contribution in [1.82, 2.24) is 4.57 Å². The average Bonchev–Trinajstić information content (AvgIpc) is 4.09. The van der Waals surface area contributed by atoms with Crippen molar-refractivity contribution in [2.45, 2.75) is 0 Å². The van der Waals surface area contributed by atoms with Crippen molar-refractivity contribution >= 4 is 55.9 Å². The maximum atomic E-state index is 2.41. The van der Waals surface area contributed by atoms with Crippen molar-refractivity contribution in [3.05, 3.63) is 334 Å². The van der Waals surface area contributed by atoms with Crippen LogP contribution in [-0.2, 0) is 0 Å². The summed E-state index contributed by atoms with van der Waals surface area (Å²) in [6.45, 7) is 0. The lowest BCUT2D eigenvalue weighted by Crippen LogP contribution is -2.10. The summed E-state index contributed by atoms with van der Waals surface area (Å²) in [5, 5.41) is 2.46. The summed E-state index contributed by atoms with van der Waals surface area (Å²) in [6.07, 6.45) is 0. The fraction of sp³-hybridized carbons (Fsp3) is 0. The summed E-state index contributed by atoms with van der Waals surface area (Å²) < 4.78 is 2.39. The van der Waals surface area contributed by atoms with Crippen molar-refractivity contribution in [2.75, 3.05) is 9.80 Å². The minimum atomic E-state index is 1.07. The molecule has 1 heterocycles. The molecular formula is C78H55N3. The van der Waals surface area contributed by atoms with Gasteiger partial charge in [0.2, 0.25) is 0 Å². The third-order valence-corrected chi connectivity index (χ3v) is 15.6. The molecule has 14 rings (SSSR count). The van der Waals surface area contributed by atoms with Crippen LogP contribution in [0.15, 0.2) is 334 Å². The van der Waals surface area contributed by atoms with Gasteiger partial charge < -0.3 is 14.4 Å². The Morgan fingerprint density at radius 2 is 0.469 bits per heavy atom. The number of hydrogen-bond donors (Lipinski definition) is 0. The highest BCUT2D eigenvalue weighted by Crippen LogP contribution is 2.46. The predicted octanol–water partition coefficient (Wildman–Crippen LogP) is 21.7. The van der Waals surface area contributed by atoms with Gasteiger partial charge in [-0.15, -0.1) is 0 Å². The molecular weight excluding hydrogens is 979 g/mol. The van der Waals surface area contributed by atoms with Gasteiger partial charge in [-0.3, -0.25) is 0 Å². The number of para-hydroxylation sites is 4. The van der Waals surface area contributed by atoms with Crippen molar-refractivity contribution in [2.24, 2.45) is 0 Å². The standard InChI is InChI=1S/C78H55N3/c1-7-21-56(22-8-1)57-35-37-58(38-36-57)59-39-45-67(46-40-59)79(64-27-13-4-14-28-64)68-47-41-62(42-48-68)75-54-74(61-25-11-3-12-26-61)76(55-73(75)60-23-9-2-10-24-60)63-43-49-69(50-44-63)80(65-29-15-5-16-30-65)70-51-52-72-71-33-19-20-34-77(71)81(78(72)53-70)66-31-17-6-18-32-66/h1-55H. The molecule has 0 atom stereocenters. The highest BCUT2D eigenvalue weighted by atomic mass is 15.1. The van der Waals surface area contributed by atoms with E-state index < -0.39 is 0 Å². The van der Waals surface area contributed by atoms with Crippen LogP contribution in [0.25, 0.3) is 94.3 Å². The summed E-state index contributed by atoms with van der Waals surface area (Å²) in [6, 6.07) is 121. The number of rotatable bonds is 13. The molecule has 3 nitrogen and oxygen atoms in total. The second-order valence-corrected chi connectivity index (χ2v) is 20.5. The molecule has 1 aromatic heterocycles. The molecule has 81 heavy (non-hydrogen) atoms. The van der Waals surface area contributed by atoms with E-state index in [-0.39, 0.29) is 0 Å². The van der Waals surface area contributed by atoms with Crippen molar-refractivity contribution in [1.29, 1.82) is 0 Å². The third kappa shape index (κ3) is 9.54. The fourth-order valence-electron chi connectivity index (χ4n) is 11.7. The SMILES string of the molecule is c1ccc(-c2ccc(-c3ccc(N(c4ccccc4)c4ccc(-c5cc(-c6ccccc6)c(-c6ccc(N(c7ccccc7)c7ccc8c9ccccc9n(-c9ccccc9)c8c7)cc6)cc5-c5ccccc5)cc4)cc3)cc2)cc1.